The Kier molecular flexibility index (Phi) is 6.67. The van der Waals surface area contributed by atoms with Gasteiger partial charge in [-0.25, -0.2) is 0 Å². The molecule has 0 saturated heterocycles. The van der Waals surface area contributed by atoms with Crippen LogP contribution in [0.2, 0.25) is 0 Å². The summed E-state index contributed by atoms with van der Waals surface area (Å²) < 4.78 is 7.75. The lowest BCUT2D eigenvalue weighted by atomic mass is 10.2. The van der Waals surface area contributed by atoms with Crippen LogP contribution in [0.4, 0.5) is 0 Å². The summed E-state index contributed by atoms with van der Waals surface area (Å²) in [5.41, 5.74) is 1.24. The van der Waals surface area contributed by atoms with Gasteiger partial charge in [0.25, 0.3) is 0 Å². The molecule has 1 atom stereocenters. The molecule has 1 N–H and O–H groups in total. The molecular formula is C14H21Br2NO. The van der Waals surface area contributed by atoms with Crippen molar-refractivity contribution in [3.63, 3.8) is 0 Å². The van der Waals surface area contributed by atoms with E-state index >= 15 is 0 Å². The minimum absolute atomic E-state index is 0.168. The van der Waals surface area contributed by atoms with Gasteiger partial charge in [0.1, 0.15) is 5.75 Å². The van der Waals surface area contributed by atoms with Crippen molar-refractivity contribution in [2.75, 3.05) is 0 Å². The minimum atomic E-state index is 0.168. The maximum atomic E-state index is 5.76. The second-order valence-corrected chi connectivity index (χ2v) is 6.45. The lowest BCUT2D eigenvalue weighted by Gasteiger charge is -2.16. The summed E-state index contributed by atoms with van der Waals surface area (Å²) in [7, 11) is 0. The Morgan fingerprint density at radius 2 is 1.72 bits per heavy atom. The molecule has 1 aromatic rings. The van der Waals surface area contributed by atoms with E-state index in [-0.39, 0.29) is 6.10 Å². The Bertz CT molecular complexity index is 370. The topological polar surface area (TPSA) is 21.3 Å². The molecule has 0 bridgehead atoms. The zero-order valence-corrected chi connectivity index (χ0v) is 14.6. The highest BCUT2D eigenvalue weighted by Gasteiger charge is 2.10. The smallest absolute Gasteiger partial charge is 0.148 e. The van der Waals surface area contributed by atoms with E-state index in [0.717, 1.165) is 27.7 Å². The molecule has 0 aromatic heterocycles. The molecule has 1 unspecified atom stereocenters. The van der Waals surface area contributed by atoms with Gasteiger partial charge in [-0.05, 0) is 76.7 Å². The van der Waals surface area contributed by atoms with Crippen molar-refractivity contribution in [1.29, 1.82) is 0 Å². The fraction of sp³-hybridized carbons (Fsp3) is 0.571. The summed E-state index contributed by atoms with van der Waals surface area (Å²) >= 11 is 7.14. The number of ether oxygens (including phenoxy) is 1. The van der Waals surface area contributed by atoms with Crippen molar-refractivity contribution < 1.29 is 4.74 Å². The van der Waals surface area contributed by atoms with Gasteiger partial charge in [-0.15, -0.1) is 0 Å². The summed E-state index contributed by atoms with van der Waals surface area (Å²) in [6.45, 7) is 9.30. The largest absolute Gasteiger partial charge is 0.489 e. The Hall–Kier alpha value is -0.0600. The van der Waals surface area contributed by atoms with Crippen molar-refractivity contribution in [1.82, 2.24) is 5.32 Å². The number of rotatable bonds is 6. The van der Waals surface area contributed by atoms with Crippen molar-refractivity contribution >= 4 is 31.9 Å². The van der Waals surface area contributed by atoms with Crippen LogP contribution in [0.25, 0.3) is 0 Å². The van der Waals surface area contributed by atoms with Gasteiger partial charge in [0, 0.05) is 12.6 Å². The third-order valence-electron chi connectivity index (χ3n) is 2.68. The third-order valence-corrected chi connectivity index (χ3v) is 3.86. The van der Waals surface area contributed by atoms with Crippen molar-refractivity contribution in [2.24, 2.45) is 0 Å². The van der Waals surface area contributed by atoms with Gasteiger partial charge in [-0.1, -0.05) is 6.92 Å². The second-order valence-electron chi connectivity index (χ2n) is 4.75. The molecule has 1 aromatic carbocycles. The fourth-order valence-electron chi connectivity index (χ4n) is 1.50. The minimum Gasteiger partial charge on any atom is -0.489 e. The molecule has 0 saturated carbocycles. The number of halogens is 2. The highest BCUT2D eigenvalue weighted by Crippen LogP contribution is 2.35. The molecule has 0 aliphatic heterocycles. The molecule has 0 radical (unpaired) electrons. The zero-order chi connectivity index (χ0) is 13.7. The predicted octanol–water partition coefficient (Wildman–Crippen LogP) is 4.89. The molecule has 4 heteroatoms. The summed E-state index contributed by atoms with van der Waals surface area (Å²) in [6, 6.07) is 4.75. The van der Waals surface area contributed by atoms with Gasteiger partial charge in [0.15, 0.2) is 0 Å². The van der Waals surface area contributed by atoms with Crippen LogP contribution >= 0.6 is 31.9 Å². The molecule has 2 nitrogen and oxygen atoms in total. The Morgan fingerprint density at radius 1 is 1.17 bits per heavy atom. The van der Waals surface area contributed by atoms with Gasteiger partial charge in [-0.3, -0.25) is 0 Å². The standard InChI is InChI=1S/C14H21Br2NO/c1-5-10(4)17-8-11-6-12(15)14(13(16)7-11)18-9(2)3/h6-7,9-10,17H,5,8H2,1-4H3. The maximum absolute atomic E-state index is 5.76. The van der Waals surface area contributed by atoms with Crippen LogP contribution in [-0.2, 0) is 6.54 Å². The second kappa shape index (κ2) is 7.51. The van der Waals surface area contributed by atoms with Crippen LogP contribution in [-0.4, -0.2) is 12.1 Å². The molecular weight excluding hydrogens is 358 g/mol. The molecule has 0 fully saturated rings. The van der Waals surface area contributed by atoms with Crippen molar-refractivity contribution in [2.45, 2.75) is 52.8 Å². The molecule has 0 spiro atoms. The number of hydrogen-bond donors (Lipinski definition) is 1. The van der Waals surface area contributed by atoms with E-state index in [2.05, 4.69) is 63.2 Å². The van der Waals surface area contributed by atoms with Crippen molar-refractivity contribution in [3.8, 4) is 5.75 Å². The summed E-state index contributed by atoms with van der Waals surface area (Å²) in [5.74, 6) is 0.872. The van der Waals surface area contributed by atoms with E-state index in [4.69, 9.17) is 4.74 Å². The Labute approximate surface area is 127 Å². The molecule has 0 amide bonds. The van der Waals surface area contributed by atoms with E-state index in [1.165, 1.54) is 5.56 Å². The fourth-order valence-corrected chi connectivity index (χ4v) is 2.97. The average molecular weight is 379 g/mol. The van der Waals surface area contributed by atoms with Crippen LogP contribution in [0.15, 0.2) is 21.1 Å². The van der Waals surface area contributed by atoms with E-state index < -0.39 is 0 Å². The summed E-state index contributed by atoms with van der Waals surface area (Å²) in [5, 5.41) is 3.48. The zero-order valence-electron chi connectivity index (χ0n) is 11.4. The molecule has 0 aliphatic carbocycles. The predicted molar refractivity (Wildman–Crippen MR) is 84.2 cm³/mol. The first kappa shape index (κ1) is 16.0. The van der Waals surface area contributed by atoms with E-state index in [1.54, 1.807) is 0 Å². The van der Waals surface area contributed by atoms with Gasteiger partial charge in [0.2, 0.25) is 0 Å². The first-order valence-corrected chi connectivity index (χ1v) is 7.90. The number of hydrogen-bond acceptors (Lipinski definition) is 2. The SMILES string of the molecule is CCC(C)NCc1cc(Br)c(OC(C)C)c(Br)c1. The third kappa shape index (κ3) is 4.90. The number of benzene rings is 1. The van der Waals surface area contributed by atoms with Crippen molar-refractivity contribution in [3.05, 3.63) is 26.6 Å². The number of nitrogens with one attached hydrogen (secondary N) is 1. The lowest BCUT2D eigenvalue weighted by molar-refractivity contribution is 0.239. The summed E-state index contributed by atoms with van der Waals surface area (Å²) in [4.78, 5) is 0. The highest BCUT2D eigenvalue weighted by atomic mass is 79.9. The maximum Gasteiger partial charge on any atom is 0.148 e. The lowest BCUT2D eigenvalue weighted by Crippen LogP contribution is -2.24. The van der Waals surface area contributed by atoms with Gasteiger partial charge >= 0.3 is 0 Å². The quantitative estimate of drug-likeness (QED) is 0.760. The van der Waals surface area contributed by atoms with Gasteiger partial charge in [0.05, 0.1) is 15.0 Å². The average Bonchev–Trinajstić information content (AvgIpc) is 2.30. The Morgan fingerprint density at radius 3 is 2.17 bits per heavy atom. The summed E-state index contributed by atoms with van der Waals surface area (Å²) in [6.07, 6.45) is 1.30. The first-order chi connectivity index (χ1) is 8.43. The molecule has 1 rings (SSSR count). The molecule has 102 valence electrons. The van der Waals surface area contributed by atoms with E-state index in [0.29, 0.717) is 6.04 Å². The first-order valence-electron chi connectivity index (χ1n) is 6.32. The molecule has 18 heavy (non-hydrogen) atoms. The van der Waals surface area contributed by atoms with Crippen LogP contribution in [0, 0.1) is 0 Å². The highest BCUT2D eigenvalue weighted by molar-refractivity contribution is 9.11. The van der Waals surface area contributed by atoms with Crippen LogP contribution in [0.5, 0.6) is 5.75 Å². The van der Waals surface area contributed by atoms with Crippen LogP contribution in [0.3, 0.4) is 0 Å². The van der Waals surface area contributed by atoms with Crippen LogP contribution in [0.1, 0.15) is 39.7 Å². The van der Waals surface area contributed by atoms with Gasteiger partial charge in [-0.2, -0.15) is 0 Å². The monoisotopic (exact) mass is 377 g/mol. The van der Waals surface area contributed by atoms with Gasteiger partial charge < -0.3 is 10.1 Å². The van der Waals surface area contributed by atoms with E-state index in [1.807, 2.05) is 13.8 Å². The normalized spacial score (nSPS) is 12.8. The van der Waals surface area contributed by atoms with Crippen LogP contribution < -0.4 is 10.1 Å². The molecule has 0 heterocycles. The van der Waals surface area contributed by atoms with E-state index in [9.17, 15) is 0 Å². The Balaban J connectivity index is 2.79. The molecule has 0 aliphatic rings.